The van der Waals surface area contributed by atoms with Crippen LogP contribution in [-0.2, 0) is 14.3 Å². The Bertz CT molecular complexity index is 1030. The monoisotopic (exact) mass is 451 g/mol. The fourth-order valence-corrected chi connectivity index (χ4v) is 4.10. The van der Waals surface area contributed by atoms with Crippen LogP contribution in [0.5, 0.6) is 11.5 Å². The number of carbonyl (C=O) groups excluding carboxylic acids is 2. The minimum atomic E-state index is -0.324. The molecule has 1 fully saturated rings. The van der Waals surface area contributed by atoms with E-state index in [0.717, 1.165) is 32.8 Å². The first kappa shape index (κ1) is 22.8. The highest BCUT2D eigenvalue weighted by Crippen LogP contribution is 2.34. The predicted octanol–water partition coefficient (Wildman–Crippen LogP) is 2.62. The Labute approximate surface area is 193 Å². The lowest BCUT2D eigenvalue weighted by Crippen LogP contribution is -2.39. The van der Waals surface area contributed by atoms with Gasteiger partial charge in [0.25, 0.3) is 11.8 Å². The number of rotatable bonds is 9. The quantitative estimate of drug-likeness (QED) is 0.587. The second-order valence-electron chi connectivity index (χ2n) is 7.88. The van der Waals surface area contributed by atoms with Gasteiger partial charge in [-0.05, 0) is 24.1 Å². The molecule has 174 valence electrons. The number of carbonyl (C=O) groups is 2. The zero-order chi connectivity index (χ0) is 23.2. The molecule has 1 saturated heterocycles. The van der Waals surface area contributed by atoms with Gasteiger partial charge in [-0.3, -0.25) is 19.4 Å². The molecule has 2 amide bonds. The first-order valence-electron chi connectivity index (χ1n) is 11.1. The molecule has 0 radical (unpaired) electrons. The van der Waals surface area contributed by atoms with E-state index in [2.05, 4.69) is 10.2 Å². The number of imide groups is 1. The summed E-state index contributed by atoms with van der Waals surface area (Å²) in [5.41, 5.74) is 1.98. The van der Waals surface area contributed by atoms with Crippen LogP contribution in [0.25, 0.3) is 5.57 Å². The van der Waals surface area contributed by atoms with E-state index < -0.39 is 0 Å². The lowest BCUT2D eigenvalue weighted by atomic mass is 10.0. The van der Waals surface area contributed by atoms with Crippen molar-refractivity contribution in [2.24, 2.45) is 0 Å². The summed E-state index contributed by atoms with van der Waals surface area (Å²) in [4.78, 5) is 30.3. The van der Waals surface area contributed by atoms with Gasteiger partial charge in [-0.1, -0.05) is 30.3 Å². The Morgan fingerprint density at radius 2 is 1.64 bits per heavy atom. The Kier molecular flexibility index (Phi) is 7.26. The predicted molar refractivity (Wildman–Crippen MR) is 125 cm³/mol. The van der Waals surface area contributed by atoms with Crippen LogP contribution in [0.3, 0.4) is 0 Å². The number of amides is 2. The van der Waals surface area contributed by atoms with Gasteiger partial charge in [0.05, 0.1) is 33.0 Å². The molecule has 0 atom stereocenters. The third-order valence-corrected chi connectivity index (χ3v) is 5.84. The van der Waals surface area contributed by atoms with Crippen LogP contribution in [0.2, 0.25) is 0 Å². The number of ether oxygens (including phenoxy) is 3. The van der Waals surface area contributed by atoms with Gasteiger partial charge in [0.15, 0.2) is 11.5 Å². The molecule has 0 saturated carbocycles. The number of nitrogens with zero attached hydrogens (tertiary/aromatic N) is 2. The normalized spacial score (nSPS) is 17.0. The van der Waals surface area contributed by atoms with E-state index in [1.807, 2.05) is 30.3 Å². The van der Waals surface area contributed by atoms with Gasteiger partial charge in [0.2, 0.25) is 0 Å². The molecule has 0 aromatic heterocycles. The van der Waals surface area contributed by atoms with Gasteiger partial charge >= 0.3 is 0 Å². The summed E-state index contributed by atoms with van der Waals surface area (Å²) in [5.74, 6) is 0.508. The maximum absolute atomic E-state index is 13.4. The van der Waals surface area contributed by atoms with E-state index in [1.165, 1.54) is 4.90 Å². The average Bonchev–Trinajstić information content (AvgIpc) is 3.09. The first-order chi connectivity index (χ1) is 16.1. The van der Waals surface area contributed by atoms with Crippen molar-refractivity contribution in [1.82, 2.24) is 9.80 Å². The van der Waals surface area contributed by atoms with E-state index >= 15 is 0 Å². The summed E-state index contributed by atoms with van der Waals surface area (Å²) in [5, 5.41) is 3.17. The molecular weight excluding hydrogens is 422 g/mol. The lowest BCUT2D eigenvalue weighted by Gasteiger charge is -2.27. The number of morpholine rings is 1. The number of benzene rings is 2. The van der Waals surface area contributed by atoms with Crippen LogP contribution in [-0.4, -0.2) is 75.2 Å². The first-order valence-corrected chi connectivity index (χ1v) is 11.1. The standard InChI is InChI=1S/C25H29N3O5/c1-31-20-10-9-19(17-21(20)32-2)26-23-22(18-7-4-3-5-8-18)24(29)28(25(23)30)12-6-11-27-13-15-33-16-14-27/h3-5,7-10,17,26H,6,11-16H2,1-2H3. The zero-order valence-corrected chi connectivity index (χ0v) is 19.0. The van der Waals surface area contributed by atoms with Gasteiger partial charge in [0, 0.05) is 37.9 Å². The maximum Gasteiger partial charge on any atom is 0.278 e. The Hall–Kier alpha value is -3.36. The van der Waals surface area contributed by atoms with Crippen LogP contribution < -0.4 is 14.8 Å². The number of hydrogen-bond acceptors (Lipinski definition) is 7. The second kappa shape index (κ2) is 10.5. The van der Waals surface area contributed by atoms with Crippen molar-refractivity contribution in [1.29, 1.82) is 0 Å². The molecule has 2 aliphatic rings. The summed E-state index contributed by atoms with van der Waals surface area (Å²) in [6.45, 7) is 4.38. The molecule has 0 aliphatic carbocycles. The fourth-order valence-electron chi connectivity index (χ4n) is 4.10. The highest BCUT2D eigenvalue weighted by atomic mass is 16.5. The van der Waals surface area contributed by atoms with E-state index in [1.54, 1.807) is 32.4 Å². The minimum absolute atomic E-state index is 0.268. The lowest BCUT2D eigenvalue weighted by molar-refractivity contribution is -0.136. The maximum atomic E-state index is 13.4. The highest BCUT2D eigenvalue weighted by molar-refractivity contribution is 6.36. The van der Waals surface area contributed by atoms with Crippen LogP contribution in [0.1, 0.15) is 12.0 Å². The smallest absolute Gasteiger partial charge is 0.278 e. The van der Waals surface area contributed by atoms with Crippen LogP contribution in [0.15, 0.2) is 54.2 Å². The molecule has 8 nitrogen and oxygen atoms in total. The van der Waals surface area contributed by atoms with Gasteiger partial charge in [-0.15, -0.1) is 0 Å². The van der Waals surface area contributed by atoms with E-state index in [9.17, 15) is 9.59 Å². The summed E-state index contributed by atoms with van der Waals surface area (Å²) in [6, 6.07) is 14.6. The SMILES string of the molecule is COc1ccc(NC2=C(c3ccccc3)C(=O)N(CCCN3CCOCC3)C2=O)cc1OC. The number of anilines is 1. The van der Waals surface area contributed by atoms with Gasteiger partial charge < -0.3 is 19.5 Å². The van der Waals surface area contributed by atoms with Crippen molar-refractivity contribution in [3.8, 4) is 11.5 Å². The molecule has 0 unspecified atom stereocenters. The molecule has 33 heavy (non-hydrogen) atoms. The molecule has 0 bridgehead atoms. The molecular formula is C25H29N3O5. The van der Waals surface area contributed by atoms with Gasteiger partial charge in [-0.2, -0.15) is 0 Å². The second-order valence-corrected chi connectivity index (χ2v) is 7.88. The fraction of sp³-hybridized carbons (Fsp3) is 0.360. The van der Waals surface area contributed by atoms with Crippen molar-refractivity contribution >= 4 is 23.1 Å². The van der Waals surface area contributed by atoms with Crippen molar-refractivity contribution in [3.63, 3.8) is 0 Å². The Balaban J connectivity index is 1.57. The molecule has 0 spiro atoms. The van der Waals surface area contributed by atoms with E-state index in [4.69, 9.17) is 14.2 Å². The number of hydrogen-bond donors (Lipinski definition) is 1. The van der Waals surface area contributed by atoms with Crippen LogP contribution in [0, 0.1) is 0 Å². The number of methoxy groups -OCH3 is 2. The van der Waals surface area contributed by atoms with Crippen molar-refractivity contribution < 1.29 is 23.8 Å². The number of nitrogens with one attached hydrogen (secondary N) is 1. The average molecular weight is 452 g/mol. The molecule has 4 rings (SSSR count). The molecule has 1 N–H and O–H groups in total. The van der Waals surface area contributed by atoms with Gasteiger partial charge in [-0.25, -0.2) is 0 Å². The van der Waals surface area contributed by atoms with Crippen molar-refractivity contribution in [3.05, 3.63) is 59.8 Å². The third kappa shape index (κ3) is 5.02. The van der Waals surface area contributed by atoms with E-state index in [0.29, 0.717) is 41.3 Å². The van der Waals surface area contributed by atoms with E-state index in [-0.39, 0.29) is 17.5 Å². The molecule has 2 aliphatic heterocycles. The minimum Gasteiger partial charge on any atom is -0.493 e. The largest absolute Gasteiger partial charge is 0.493 e. The molecule has 2 heterocycles. The molecule has 2 aromatic carbocycles. The molecule has 2 aromatic rings. The summed E-state index contributed by atoms with van der Waals surface area (Å²) >= 11 is 0. The van der Waals surface area contributed by atoms with Crippen molar-refractivity contribution in [2.45, 2.75) is 6.42 Å². The van der Waals surface area contributed by atoms with Crippen LogP contribution >= 0.6 is 0 Å². The van der Waals surface area contributed by atoms with Crippen molar-refractivity contribution in [2.75, 3.05) is 58.9 Å². The molecule has 8 heteroatoms. The highest BCUT2D eigenvalue weighted by Gasteiger charge is 2.39. The topological polar surface area (TPSA) is 80.3 Å². The van der Waals surface area contributed by atoms with Gasteiger partial charge in [0.1, 0.15) is 5.70 Å². The third-order valence-electron chi connectivity index (χ3n) is 5.84. The summed E-state index contributed by atoms with van der Waals surface area (Å²) < 4.78 is 16.1. The zero-order valence-electron chi connectivity index (χ0n) is 19.0. The summed E-state index contributed by atoms with van der Waals surface area (Å²) in [7, 11) is 3.12. The Morgan fingerprint density at radius 1 is 0.909 bits per heavy atom. The summed E-state index contributed by atoms with van der Waals surface area (Å²) in [6.07, 6.45) is 0.711. The Morgan fingerprint density at radius 3 is 2.33 bits per heavy atom. The van der Waals surface area contributed by atoms with Crippen LogP contribution in [0.4, 0.5) is 5.69 Å².